The molecule has 0 saturated heterocycles. The van der Waals surface area contributed by atoms with E-state index in [9.17, 15) is 4.79 Å². The highest BCUT2D eigenvalue weighted by Crippen LogP contribution is 2.16. The lowest BCUT2D eigenvalue weighted by Crippen LogP contribution is -2.40. The number of ether oxygens (including phenoxy) is 1. The molecule has 1 amide bonds. The molecule has 0 aromatic rings. The zero-order chi connectivity index (χ0) is 10.5. The SMILES string of the molecule is CCOCN(CC)C(=O)C(C)(C)C. The van der Waals surface area contributed by atoms with Crippen molar-refractivity contribution >= 4 is 5.91 Å². The average Bonchev–Trinajstić information content (AvgIpc) is 2.04. The van der Waals surface area contributed by atoms with Crippen LogP contribution in [0.25, 0.3) is 0 Å². The fourth-order valence-electron chi connectivity index (χ4n) is 0.969. The molecule has 0 radical (unpaired) electrons. The Morgan fingerprint density at radius 1 is 1.31 bits per heavy atom. The quantitative estimate of drug-likeness (QED) is 0.629. The van der Waals surface area contributed by atoms with E-state index < -0.39 is 0 Å². The van der Waals surface area contributed by atoms with Crippen molar-refractivity contribution in [2.75, 3.05) is 19.9 Å². The third-order valence-corrected chi connectivity index (χ3v) is 1.76. The molecular weight excluding hydrogens is 166 g/mol. The highest BCUT2D eigenvalue weighted by Gasteiger charge is 2.25. The van der Waals surface area contributed by atoms with Gasteiger partial charge in [0.1, 0.15) is 6.73 Å². The summed E-state index contributed by atoms with van der Waals surface area (Å²) in [6.07, 6.45) is 0. The van der Waals surface area contributed by atoms with Crippen LogP contribution in [0.2, 0.25) is 0 Å². The van der Waals surface area contributed by atoms with Gasteiger partial charge in [-0.25, -0.2) is 0 Å². The summed E-state index contributed by atoms with van der Waals surface area (Å²) in [4.78, 5) is 13.5. The molecule has 0 aliphatic rings. The predicted molar refractivity (Wildman–Crippen MR) is 53.3 cm³/mol. The first-order valence-electron chi connectivity index (χ1n) is 4.80. The van der Waals surface area contributed by atoms with Crippen molar-refractivity contribution in [2.45, 2.75) is 34.6 Å². The average molecular weight is 187 g/mol. The van der Waals surface area contributed by atoms with Crippen molar-refractivity contribution in [2.24, 2.45) is 5.41 Å². The van der Waals surface area contributed by atoms with Crippen molar-refractivity contribution in [1.29, 1.82) is 0 Å². The van der Waals surface area contributed by atoms with Crippen molar-refractivity contribution in [3.8, 4) is 0 Å². The molecule has 3 heteroatoms. The molecule has 0 spiro atoms. The number of hydrogen-bond donors (Lipinski definition) is 0. The Labute approximate surface area is 81.1 Å². The number of rotatable bonds is 4. The summed E-state index contributed by atoms with van der Waals surface area (Å²) in [6, 6.07) is 0. The van der Waals surface area contributed by atoms with Gasteiger partial charge in [-0.2, -0.15) is 0 Å². The van der Waals surface area contributed by atoms with Gasteiger partial charge in [-0.15, -0.1) is 0 Å². The van der Waals surface area contributed by atoms with Crippen molar-refractivity contribution in [3.05, 3.63) is 0 Å². The molecule has 13 heavy (non-hydrogen) atoms. The van der Waals surface area contributed by atoms with E-state index in [1.807, 2.05) is 34.6 Å². The van der Waals surface area contributed by atoms with Gasteiger partial charge in [-0.3, -0.25) is 4.79 Å². The molecular formula is C10H21NO2. The van der Waals surface area contributed by atoms with Gasteiger partial charge in [0.05, 0.1) is 0 Å². The maximum Gasteiger partial charge on any atom is 0.229 e. The molecule has 0 N–H and O–H groups in total. The van der Waals surface area contributed by atoms with E-state index in [2.05, 4.69) is 0 Å². The molecule has 0 aromatic carbocycles. The van der Waals surface area contributed by atoms with Gasteiger partial charge in [0.15, 0.2) is 0 Å². The maximum atomic E-state index is 11.7. The summed E-state index contributed by atoms with van der Waals surface area (Å²) in [5.74, 6) is 0.142. The summed E-state index contributed by atoms with van der Waals surface area (Å²) in [7, 11) is 0. The lowest BCUT2D eigenvalue weighted by Gasteiger charge is -2.27. The van der Waals surface area contributed by atoms with E-state index in [4.69, 9.17) is 4.74 Å². The molecule has 0 aliphatic heterocycles. The van der Waals surface area contributed by atoms with E-state index in [1.165, 1.54) is 0 Å². The van der Waals surface area contributed by atoms with Crippen LogP contribution in [0.3, 0.4) is 0 Å². The van der Waals surface area contributed by atoms with Gasteiger partial charge in [0.2, 0.25) is 5.91 Å². The second-order valence-electron chi connectivity index (χ2n) is 4.03. The number of carbonyl (C=O) groups excluding carboxylic acids is 1. The van der Waals surface area contributed by atoms with Crippen molar-refractivity contribution < 1.29 is 9.53 Å². The monoisotopic (exact) mass is 187 g/mol. The molecule has 0 aliphatic carbocycles. The first kappa shape index (κ1) is 12.4. The van der Waals surface area contributed by atoms with Gasteiger partial charge in [-0.05, 0) is 13.8 Å². The van der Waals surface area contributed by atoms with Gasteiger partial charge < -0.3 is 9.64 Å². The van der Waals surface area contributed by atoms with Crippen LogP contribution in [0.5, 0.6) is 0 Å². The molecule has 0 atom stereocenters. The lowest BCUT2D eigenvalue weighted by molar-refractivity contribution is -0.144. The van der Waals surface area contributed by atoms with Crippen LogP contribution in [0.1, 0.15) is 34.6 Å². The normalized spacial score (nSPS) is 11.5. The van der Waals surface area contributed by atoms with Gasteiger partial charge >= 0.3 is 0 Å². The summed E-state index contributed by atoms with van der Waals surface area (Å²) in [6.45, 7) is 11.4. The lowest BCUT2D eigenvalue weighted by atomic mass is 9.95. The summed E-state index contributed by atoms with van der Waals surface area (Å²) < 4.78 is 5.21. The van der Waals surface area contributed by atoms with Crippen LogP contribution in [0, 0.1) is 5.41 Å². The third kappa shape index (κ3) is 4.27. The topological polar surface area (TPSA) is 29.5 Å². The minimum atomic E-state index is -0.312. The second kappa shape index (κ2) is 5.22. The predicted octanol–water partition coefficient (Wildman–Crippen LogP) is 1.88. The van der Waals surface area contributed by atoms with Crippen molar-refractivity contribution in [1.82, 2.24) is 4.90 Å². The largest absolute Gasteiger partial charge is 0.361 e. The Morgan fingerprint density at radius 3 is 2.15 bits per heavy atom. The Morgan fingerprint density at radius 2 is 1.85 bits per heavy atom. The molecule has 0 fully saturated rings. The smallest absolute Gasteiger partial charge is 0.229 e. The van der Waals surface area contributed by atoms with Crippen LogP contribution >= 0.6 is 0 Å². The van der Waals surface area contributed by atoms with E-state index >= 15 is 0 Å². The molecule has 0 aromatic heterocycles. The molecule has 0 unspecified atom stereocenters. The number of hydrogen-bond acceptors (Lipinski definition) is 2. The van der Waals surface area contributed by atoms with Gasteiger partial charge in [0, 0.05) is 18.6 Å². The van der Waals surface area contributed by atoms with Gasteiger partial charge in [-0.1, -0.05) is 20.8 Å². The van der Waals surface area contributed by atoms with Crippen LogP contribution in [0.4, 0.5) is 0 Å². The molecule has 0 saturated carbocycles. The maximum absolute atomic E-state index is 11.7. The fraction of sp³-hybridized carbons (Fsp3) is 0.900. The Bertz CT molecular complexity index is 161. The van der Waals surface area contributed by atoms with Crippen LogP contribution in [0.15, 0.2) is 0 Å². The third-order valence-electron chi connectivity index (χ3n) is 1.76. The summed E-state index contributed by atoms with van der Waals surface area (Å²) >= 11 is 0. The number of nitrogens with zero attached hydrogens (tertiary/aromatic N) is 1. The van der Waals surface area contributed by atoms with Crippen LogP contribution in [-0.4, -0.2) is 30.7 Å². The molecule has 3 nitrogen and oxygen atoms in total. The number of carbonyl (C=O) groups is 1. The highest BCUT2D eigenvalue weighted by molar-refractivity contribution is 5.81. The Balaban J connectivity index is 4.16. The van der Waals surface area contributed by atoms with Crippen LogP contribution in [-0.2, 0) is 9.53 Å². The zero-order valence-electron chi connectivity index (χ0n) is 9.39. The number of amides is 1. The summed E-state index contributed by atoms with van der Waals surface area (Å²) in [5, 5.41) is 0. The van der Waals surface area contributed by atoms with Gasteiger partial charge in [0.25, 0.3) is 0 Å². The Kier molecular flexibility index (Phi) is 4.99. The first-order chi connectivity index (χ1) is 5.93. The minimum Gasteiger partial charge on any atom is -0.361 e. The molecule has 78 valence electrons. The van der Waals surface area contributed by atoms with E-state index in [0.29, 0.717) is 19.9 Å². The van der Waals surface area contributed by atoms with E-state index in [0.717, 1.165) is 0 Å². The van der Waals surface area contributed by atoms with Crippen molar-refractivity contribution in [3.63, 3.8) is 0 Å². The first-order valence-corrected chi connectivity index (χ1v) is 4.80. The fourth-order valence-corrected chi connectivity index (χ4v) is 0.969. The highest BCUT2D eigenvalue weighted by atomic mass is 16.5. The minimum absolute atomic E-state index is 0.142. The Hall–Kier alpha value is -0.570. The molecule has 0 bridgehead atoms. The van der Waals surface area contributed by atoms with Crippen LogP contribution < -0.4 is 0 Å². The van der Waals surface area contributed by atoms with E-state index in [1.54, 1.807) is 4.90 Å². The molecule has 0 heterocycles. The summed E-state index contributed by atoms with van der Waals surface area (Å²) in [5.41, 5.74) is -0.312. The standard InChI is InChI=1S/C10H21NO2/c1-6-11(8-13-7-2)9(12)10(3,4)5/h6-8H2,1-5H3. The van der Waals surface area contributed by atoms with E-state index in [-0.39, 0.29) is 11.3 Å². The zero-order valence-corrected chi connectivity index (χ0v) is 9.39. The molecule has 0 rings (SSSR count). The second-order valence-corrected chi connectivity index (χ2v) is 4.03.